The Morgan fingerprint density at radius 3 is 2.64 bits per heavy atom. The zero-order chi connectivity index (χ0) is 17.8. The van der Waals surface area contributed by atoms with Gasteiger partial charge in [-0.1, -0.05) is 23.8 Å². The molecular formula is C19H18N2O3S. The van der Waals surface area contributed by atoms with E-state index in [1.165, 1.54) is 4.31 Å². The molecule has 0 aromatic heterocycles. The summed E-state index contributed by atoms with van der Waals surface area (Å²) in [5.41, 5.74) is 4.49. The maximum Gasteiger partial charge on any atom is 0.264 e. The topological polar surface area (TPSA) is 66.5 Å². The monoisotopic (exact) mass is 354 g/mol. The molecule has 0 aliphatic carbocycles. The Kier molecular flexibility index (Phi) is 3.47. The summed E-state index contributed by atoms with van der Waals surface area (Å²) in [6.07, 6.45) is 0.708. The summed E-state index contributed by atoms with van der Waals surface area (Å²) in [7, 11) is -3.67. The van der Waals surface area contributed by atoms with Crippen molar-refractivity contribution in [2.45, 2.75) is 25.2 Å². The molecule has 0 saturated carbocycles. The Morgan fingerprint density at radius 2 is 1.88 bits per heavy atom. The molecule has 0 fully saturated rings. The van der Waals surface area contributed by atoms with Crippen molar-refractivity contribution in [3.8, 4) is 0 Å². The third-order valence-corrected chi connectivity index (χ3v) is 6.48. The quantitative estimate of drug-likeness (QED) is 0.843. The van der Waals surface area contributed by atoms with E-state index in [0.29, 0.717) is 29.8 Å². The fourth-order valence-electron chi connectivity index (χ4n) is 3.49. The summed E-state index contributed by atoms with van der Waals surface area (Å²) in [5, 5.41) is 2.79. The van der Waals surface area contributed by atoms with Crippen LogP contribution in [0.2, 0.25) is 0 Å². The molecule has 4 rings (SSSR count). The summed E-state index contributed by atoms with van der Waals surface area (Å²) in [5.74, 6) is -0.184. The first-order valence-corrected chi connectivity index (χ1v) is 9.57. The number of fused-ring (bicyclic) bond motifs is 2. The molecule has 128 valence electrons. The van der Waals surface area contributed by atoms with E-state index in [1.54, 1.807) is 18.2 Å². The van der Waals surface area contributed by atoms with Crippen LogP contribution in [0.1, 0.15) is 25.0 Å². The molecule has 2 aromatic carbocycles. The number of anilines is 2. The van der Waals surface area contributed by atoms with Gasteiger partial charge in [-0.2, -0.15) is 0 Å². The first-order valence-electron chi connectivity index (χ1n) is 8.13. The number of carbonyl (C=O) groups is 1. The molecule has 1 N–H and O–H groups in total. The average Bonchev–Trinajstić information content (AvgIpc) is 3.14. The highest BCUT2D eigenvalue weighted by atomic mass is 32.2. The van der Waals surface area contributed by atoms with Crippen LogP contribution < -0.4 is 9.62 Å². The minimum atomic E-state index is -3.67. The maximum absolute atomic E-state index is 13.2. The number of carbonyl (C=O) groups excluding carboxylic acids is 1. The van der Waals surface area contributed by atoms with Gasteiger partial charge in [0.2, 0.25) is 0 Å². The van der Waals surface area contributed by atoms with Gasteiger partial charge in [-0.25, -0.2) is 8.42 Å². The number of hydrogen-bond donors (Lipinski definition) is 1. The molecule has 0 saturated heterocycles. The van der Waals surface area contributed by atoms with Crippen molar-refractivity contribution in [1.82, 2.24) is 0 Å². The van der Waals surface area contributed by atoms with Crippen LogP contribution in [0.3, 0.4) is 0 Å². The number of allylic oxidation sites excluding steroid dienone is 1. The molecule has 0 spiro atoms. The van der Waals surface area contributed by atoms with E-state index in [1.807, 2.05) is 38.1 Å². The van der Waals surface area contributed by atoms with Gasteiger partial charge in [0.25, 0.3) is 15.9 Å². The van der Waals surface area contributed by atoms with E-state index in [-0.39, 0.29) is 10.8 Å². The van der Waals surface area contributed by atoms with E-state index >= 15 is 0 Å². The number of benzene rings is 2. The summed E-state index contributed by atoms with van der Waals surface area (Å²) >= 11 is 0. The van der Waals surface area contributed by atoms with Crippen molar-refractivity contribution < 1.29 is 13.2 Å². The van der Waals surface area contributed by atoms with E-state index in [4.69, 9.17) is 0 Å². The average molecular weight is 354 g/mol. The van der Waals surface area contributed by atoms with Gasteiger partial charge in [0.15, 0.2) is 0 Å². The van der Waals surface area contributed by atoms with Gasteiger partial charge < -0.3 is 5.32 Å². The van der Waals surface area contributed by atoms with Crippen molar-refractivity contribution in [3.63, 3.8) is 0 Å². The molecular weight excluding hydrogens is 336 g/mol. The highest BCUT2D eigenvalue weighted by molar-refractivity contribution is 7.92. The zero-order valence-electron chi connectivity index (χ0n) is 14.0. The SMILES string of the molecule is CC(C)=C1C(=O)Nc2ccc(S(=O)(=O)N3CCc4ccccc43)cc21. The molecule has 2 aliphatic heterocycles. The number of hydrogen-bond acceptors (Lipinski definition) is 3. The highest BCUT2D eigenvalue weighted by Crippen LogP contribution is 2.38. The lowest BCUT2D eigenvalue weighted by atomic mass is 10.0. The molecule has 25 heavy (non-hydrogen) atoms. The Bertz CT molecular complexity index is 1030. The molecule has 0 bridgehead atoms. The normalized spacial score (nSPS) is 15.8. The van der Waals surface area contributed by atoms with Gasteiger partial charge in [0.05, 0.1) is 10.6 Å². The van der Waals surface area contributed by atoms with Gasteiger partial charge >= 0.3 is 0 Å². The van der Waals surface area contributed by atoms with Crippen LogP contribution in [0.15, 0.2) is 52.9 Å². The van der Waals surface area contributed by atoms with Gasteiger partial charge in [-0.05, 0) is 50.1 Å². The second kappa shape index (κ2) is 5.46. The molecule has 0 unspecified atom stereocenters. The summed E-state index contributed by atoms with van der Waals surface area (Å²) < 4.78 is 27.8. The molecule has 6 heteroatoms. The number of amides is 1. The summed E-state index contributed by atoms with van der Waals surface area (Å²) in [4.78, 5) is 12.3. The first kappa shape index (κ1) is 15.9. The van der Waals surface area contributed by atoms with E-state index in [2.05, 4.69) is 5.32 Å². The second-order valence-electron chi connectivity index (χ2n) is 6.49. The predicted octanol–water partition coefficient (Wildman–Crippen LogP) is 3.18. The van der Waals surface area contributed by atoms with Crippen LogP contribution in [-0.4, -0.2) is 20.9 Å². The largest absolute Gasteiger partial charge is 0.321 e. The lowest BCUT2D eigenvalue weighted by Gasteiger charge is -2.20. The van der Waals surface area contributed by atoms with Gasteiger partial charge in [0.1, 0.15) is 0 Å². The standard InChI is InChI=1S/C19H18N2O3S/c1-12(2)18-15-11-14(7-8-16(15)20-19(18)22)25(23,24)21-10-9-13-5-3-4-6-17(13)21/h3-8,11H,9-10H2,1-2H3,(H,20,22). The summed E-state index contributed by atoms with van der Waals surface area (Å²) in [6, 6.07) is 12.4. The van der Waals surface area contributed by atoms with Crippen LogP contribution >= 0.6 is 0 Å². The highest BCUT2D eigenvalue weighted by Gasteiger charge is 2.33. The molecule has 0 radical (unpaired) electrons. The molecule has 2 heterocycles. The fraction of sp³-hybridized carbons (Fsp3) is 0.211. The third kappa shape index (κ3) is 2.36. The predicted molar refractivity (Wildman–Crippen MR) is 98.0 cm³/mol. The number of nitrogens with zero attached hydrogens (tertiary/aromatic N) is 1. The summed E-state index contributed by atoms with van der Waals surface area (Å²) in [6.45, 7) is 4.13. The van der Waals surface area contributed by atoms with Crippen LogP contribution in [0.5, 0.6) is 0 Å². The Labute approximate surface area is 147 Å². The molecule has 2 aliphatic rings. The van der Waals surface area contributed by atoms with Crippen molar-refractivity contribution in [2.24, 2.45) is 0 Å². The smallest absolute Gasteiger partial charge is 0.264 e. The molecule has 2 aromatic rings. The number of sulfonamides is 1. The van der Waals surface area contributed by atoms with Crippen LogP contribution in [0.4, 0.5) is 11.4 Å². The Morgan fingerprint density at radius 1 is 1.12 bits per heavy atom. The molecule has 0 atom stereocenters. The third-order valence-electron chi connectivity index (χ3n) is 4.67. The second-order valence-corrected chi connectivity index (χ2v) is 8.35. The fourth-order valence-corrected chi connectivity index (χ4v) is 5.02. The van der Waals surface area contributed by atoms with Crippen LogP contribution in [-0.2, 0) is 21.2 Å². The molecule has 5 nitrogen and oxygen atoms in total. The van der Waals surface area contributed by atoms with Crippen molar-refractivity contribution in [3.05, 3.63) is 59.2 Å². The number of para-hydroxylation sites is 1. The van der Waals surface area contributed by atoms with Crippen molar-refractivity contribution in [2.75, 3.05) is 16.2 Å². The van der Waals surface area contributed by atoms with Gasteiger partial charge in [0, 0.05) is 23.4 Å². The Hall–Kier alpha value is -2.60. The van der Waals surface area contributed by atoms with Crippen molar-refractivity contribution >= 4 is 32.9 Å². The van der Waals surface area contributed by atoms with E-state index < -0.39 is 10.0 Å². The minimum Gasteiger partial charge on any atom is -0.321 e. The minimum absolute atomic E-state index is 0.184. The lowest BCUT2D eigenvalue weighted by molar-refractivity contribution is -0.110. The molecule has 1 amide bonds. The van der Waals surface area contributed by atoms with Gasteiger partial charge in [-0.15, -0.1) is 0 Å². The number of nitrogens with one attached hydrogen (secondary N) is 1. The van der Waals surface area contributed by atoms with Crippen LogP contribution in [0.25, 0.3) is 5.57 Å². The van der Waals surface area contributed by atoms with Crippen molar-refractivity contribution in [1.29, 1.82) is 0 Å². The van der Waals surface area contributed by atoms with Gasteiger partial charge in [-0.3, -0.25) is 9.10 Å². The maximum atomic E-state index is 13.2. The van der Waals surface area contributed by atoms with E-state index in [9.17, 15) is 13.2 Å². The van der Waals surface area contributed by atoms with Crippen LogP contribution in [0, 0.1) is 0 Å². The Balaban J connectivity index is 1.82. The first-order chi connectivity index (χ1) is 11.9. The lowest BCUT2D eigenvalue weighted by Crippen LogP contribution is -2.29. The zero-order valence-corrected chi connectivity index (χ0v) is 14.9. The van der Waals surface area contributed by atoms with E-state index in [0.717, 1.165) is 16.8 Å². The number of rotatable bonds is 2.